The van der Waals surface area contributed by atoms with Crippen molar-refractivity contribution in [3.63, 3.8) is 0 Å². The third-order valence-electron chi connectivity index (χ3n) is 5.88. The third kappa shape index (κ3) is 11.1. The fourth-order valence-electron chi connectivity index (χ4n) is 3.51. The number of rotatable bonds is 17. The molecule has 0 aromatic heterocycles. The Balaban J connectivity index is 2.59. The summed E-state index contributed by atoms with van der Waals surface area (Å²) in [6, 6.07) is -2.98. The number of nitrogens with one attached hydrogen (secondary N) is 3. The molecule has 1 rings (SSSR count). The second kappa shape index (κ2) is 16.3. The van der Waals surface area contributed by atoms with E-state index in [2.05, 4.69) is 31.9 Å². The molecule has 206 valence electrons. The molecule has 5 amide bonds. The molecule has 0 aromatic rings. The molecule has 37 heavy (non-hydrogen) atoms. The number of amides is 5. The first-order valence-electron chi connectivity index (χ1n) is 12.4. The maximum atomic E-state index is 12.9. The number of hydrogen-bond donors (Lipinski definition) is 5. The van der Waals surface area contributed by atoms with Crippen LogP contribution < -0.4 is 21.7 Å². The lowest BCUT2D eigenvalue weighted by molar-refractivity contribution is -0.137. The Morgan fingerprint density at radius 2 is 1.70 bits per heavy atom. The van der Waals surface area contributed by atoms with Gasteiger partial charge in [-0.15, -0.1) is 0 Å². The van der Waals surface area contributed by atoms with Gasteiger partial charge in [0.2, 0.25) is 17.7 Å². The molecule has 1 heterocycles. The van der Waals surface area contributed by atoms with Gasteiger partial charge in [0.05, 0.1) is 16.6 Å². The first-order chi connectivity index (χ1) is 17.4. The number of hydrogen-bond acceptors (Lipinski definition) is 8. The van der Waals surface area contributed by atoms with Gasteiger partial charge in [-0.1, -0.05) is 6.42 Å². The molecule has 0 saturated carbocycles. The highest BCUT2D eigenvalue weighted by Gasteiger charge is 2.31. The summed E-state index contributed by atoms with van der Waals surface area (Å²) in [6.45, 7) is 3.54. The Bertz CT molecular complexity index is 899. The van der Waals surface area contributed by atoms with E-state index in [1.54, 1.807) is 0 Å². The standard InChI is InChI=1S/C23H37BBrN5O7/c1-13(20(24)34)27-21(35)16(8-5-6-10-26)28-22(36)19(14(2)31)29-17(32)9-4-3-7-11-30-18(33)12-15(25)23(30)37/h12-14,16,19,31H,3-11,24,26H2,1-2H3,(H,27,35)(H,28,36)(H,29,32)/t13-,14-,16+,19+/m1/s1. The quantitative estimate of drug-likeness (QED) is 0.0761. The van der Waals surface area contributed by atoms with Crippen molar-refractivity contribution in [1.82, 2.24) is 20.9 Å². The normalized spacial score (nSPS) is 16.5. The second-order valence-electron chi connectivity index (χ2n) is 9.07. The van der Waals surface area contributed by atoms with Gasteiger partial charge in [-0.25, -0.2) is 0 Å². The van der Waals surface area contributed by atoms with Crippen molar-refractivity contribution in [2.45, 2.75) is 83.0 Å². The molecule has 0 spiro atoms. The minimum absolute atomic E-state index is 0.0663. The number of halogens is 1. The van der Waals surface area contributed by atoms with Crippen LogP contribution in [0.15, 0.2) is 10.6 Å². The first kappa shape index (κ1) is 32.5. The molecule has 0 unspecified atom stereocenters. The molecule has 0 radical (unpaired) electrons. The van der Waals surface area contributed by atoms with Crippen LogP contribution in [0.1, 0.15) is 58.8 Å². The number of carbonyl (C=O) groups excluding carboxylic acids is 6. The van der Waals surface area contributed by atoms with Crippen molar-refractivity contribution in [1.29, 1.82) is 0 Å². The van der Waals surface area contributed by atoms with Gasteiger partial charge in [0.1, 0.15) is 17.8 Å². The summed E-state index contributed by atoms with van der Waals surface area (Å²) < 4.78 is 0.215. The van der Waals surface area contributed by atoms with E-state index in [1.807, 2.05) is 0 Å². The summed E-state index contributed by atoms with van der Waals surface area (Å²) in [7, 11) is 1.34. The number of nitrogens with zero attached hydrogens (tertiary/aromatic N) is 1. The molecule has 4 atom stereocenters. The van der Waals surface area contributed by atoms with E-state index < -0.39 is 42.0 Å². The summed E-state index contributed by atoms with van der Waals surface area (Å²) in [4.78, 5) is 74.1. The lowest BCUT2D eigenvalue weighted by Crippen LogP contribution is -2.58. The fraction of sp³-hybridized carbons (Fsp3) is 0.652. The molecular formula is C23H37BBrN5O7. The van der Waals surface area contributed by atoms with Crippen molar-refractivity contribution in [2.24, 2.45) is 5.73 Å². The van der Waals surface area contributed by atoms with Crippen LogP contribution in [0.4, 0.5) is 0 Å². The molecule has 6 N–H and O–H groups in total. The van der Waals surface area contributed by atoms with Gasteiger partial charge in [-0.05, 0) is 68.4 Å². The minimum atomic E-state index is -1.29. The van der Waals surface area contributed by atoms with Crippen LogP contribution in [0.3, 0.4) is 0 Å². The van der Waals surface area contributed by atoms with Crippen LogP contribution in [0.5, 0.6) is 0 Å². The van der Waals surface area contributed by atoms with E-state index in [4.69, 9.17) is 5.73 Å². The first-order valence-corrected chi connectivity index (χ1v) is 13.2. The summed E-state index contributed by atoms with van der Waals surface area (Å²) in [5.41, 5.74) is 5.28. The molecule has 0 fully saturated rings. The van der Waals surface area contributed by atoms with Crippen molar-refractivity contribution >= 4 is 59.0 Å². The molecule has 0 bridgehead atoms. The van der Waals surface area contributed by atoms with Gasteiger partial charge < -0.3 is 31.6 Å². The number of nitrogens with two attached hydrogens (primary N) is 1. The summed E-state index contributed by atoms with van der Waals surface area (Å²) >= 11 is 3.03. The number of aliphatic hydroxyl groups is 1. The Kier molecular flexibility index (Phi) is 14.3. The number of carbonyl (C=O) groups is 6. The highest BCUT2D eigenvalue weighted by atomic mass is 79.9. The fourth-order valence-corrected chi connectivity index (χ4v) is 3.92. The van der Waals surface area contributed by atoms with Crippen LogP contribution >= 0.6 is 15.9 Å². The van der Waals surface area contributed by atoms with Crippen LogP contribution in [0.2, 0.25) is 0 Å². The molecule has 1 aliphatic rings. The molecule has 14 heteroatoms. The maximum absolute atomic E-state index is 12.9. The molecule has 0 aliphatic carbocycles. The van der Waals surface area contributed by atoms with E-state index in [-0.39, 0.29) is 41.4 Å². The number of imide groups is 1. The minimum Gasteiger partial charge on any atom is -0.391 e. The number of unbranched alkanes of at least 4 members (excludes halogenated alkanes) is 3. The van der Waals surface area contributed by atoms with E-state index in [9.17, 15) is 33.9 Å². The highest BCUT2D eigenvalue weighted by molar-refractivity contribution is 9.12. The zero-order chi connectivity index (χ0) is 28.1. The zero-order valence-electron chi connectivity index (χ0n) is 21.5. The van der Waals surface area contributed by atoms with Gasteiger partial charge in [0.25, 0.3) is 11.8 Å². The summed E-state index contributed by atoms with van der Waals surface area (Å²) in [6.07, 6.45) is 3.02. The van der Waals surface area contributed by atoms with Gasteiger partial charge in [0, 0.05) is 19.0 Å². The van der Waals surface area contributed by atoms with E-state index in [1.165, 1.54) is 27.8 Å². The molecule has 12 nitrogen and oxygen atoms in total. The Labute approximate surface area is 226 Å². The Morgan fingerprint density at radius 1 is 1.03 bits per heavy atom. The average Bonchev–Trinajstić information content (AvgIpc) is 3.06. The SMILES string of the molecule is BC(=O)[C@@H](C)NC(=O)[C@H](CCCCN)NC(=O)[C@@H](NC(=O)CCCCCN1C(=O)C=C(Br)C1=O)[C@@H](C)O. The summed E-state index contributed by atoms with van der Waals surface area (Å²) in [5, 5.41) is 17.7. The molecule has 0 saturated heterocycles. The maximum Gasteiger partial charge on any atom is 0.267 e. The van der Waals surface area contributed by atoms with Gasteiger partial charge in [0.15, 0.2) is 7.85 Å². The smallest absolute Gasteiger partial charge is 0.267 e. The number of aliphatic hydroxyl groups excluding tert-OH is 1. The second-order valence-corrected chi connectivity index (χ2v) is 9.92. The predicted molar refractivity (Wildman–Crippen MR) is 142 cm³/mol. The van der Waals surface area contributed by atoms with Crippen molar-refractivity contribution in [3.05, 3.63) is 10.6 Å². The third-order valence-corrected chi connectivity index (χ3v) is 6.45. The monoisotopic (exact) mass is 585 g/mol. The zero-order valence-corrected chi connectivity index (χ0v) is 23.1. The Morgan fingerprint density at radius 3 is 2.24 bits per heavy atom. The van der Waals surface area contributed by atoms with E-state index in [0.29, 0.717) is 38.6 Å². The van der Waals surface area contributed by atoms with E-state index in [0.717, 1.165) is 4.90 Å². The van der Waals surface area contributed by atoms with E-state index >= 15 is 0 Å². The largest absolute Gasteiger partial charge is 0.391 e. The lowest BCUT2D eigenvalue weighted by atomic mass is 9.96. The van der Waals surface area contributed by atoms with Crippen molar-refractivity contribution < 1.29 is 33.9 Å². The van der Waals surface area contributed by atoms with Crippen LogP contribution in [-0.4, -0.2) is 90.4 Å². The van der Waals surface area contributed by atoms with Gasteiger partial charge in [-0.3, -0.25) is 28.9 Å². The van der Waals surface area contributed by atoms with Crippen LogP contribution in [0.25, 0.3) is 0 Å². The van der Waals surface area contributed by atoms with Crippen LogP contribution in [-0.2, 0) is 28.8 Å². The van der Waals surface area contributed by atoms with Crippen molar-refractivity contribution in [2.75, 3.05) is 13.1 Å². The van der Waals surface area contributed by atoms with Crippen LogP contribution in [0, 0.1) is 0 Å². The van der Waals surface area contributed by atoms with Crippen molar-refractivity contribution in [3.8, 4) is 0 Å². The topological polar surface area (TPSA) is 188 Å². The molecule has 0 aromatic carbocycles. The van der Waals surface area contributed by atoms with Gasteiger partial charge in [-0.2, -0.15) is 0 Å². The lowest BCUT2D eigenvalue weighted by Gasteiger charge is -2.25. The average molecular weight is 586 g/mol. The van der Waals surface area contributed by atoms with Gasteiger partial charge >= 0.3 is 0 Å². The predicted octanol–water partition coefficient (Wildman–Crippen LogP) is -1.66. The molecule has 1 aliphatic heterocycles. The highest BCUT2D eigenvalue weighted by Crippen LogP contribution is 2.18. The summed E-state index contributed by atoms with van der Waals surface area (Å²) in [5.74, 6) is -2.50. The Hall–Kier alpha value is -2.58. The molecular weight excluding hydrogens is 549 g/mol.